The molecule has 0 N–H and O–H groups in total. The van der Waals surface area contributed by atoms with Crippen molar-refractivity contribution in [2.45, 2.75) is 57.6 Å². The van der Waals surface area contributed by atoms with Gasteiger partial charge in [0.1, 0.15) is 23.2 Å². The molecule has 0 aromatic heterocycles. The zero-order chi connectivity index (χ0) is 25.7. The van der Waals surface area contributed by atoms with E-state index in [1.807, 2.05) is 32.0 Å². The molecule has 0 bridgehead atoms. The molecular formula is C29H38ClFN2O3. The van der Waals surface area contributed by atoms with Crippen molar-refractivity contribution < 1.29 is 18.7 Å². The van der Waals surface area contributed by atoms with Crippen molar-refractivity contribution in [1.82, 2.24) is 9.80 Å². The van der Waals surface area contributed by atoms with Crippen LogP contribution in [0.2, 0.25) is 5.02 Å². The van der Waals surface area contributed by atoms with Gasteiger partial charge in [-0.3, -0.25) is 9.69 Å². The SMILES string of the molecule is COC(=O)[C@@](C)(Cc1ccc(F)cc1)N1CCC(CN2CCC(Oc3ccc(Cl)cc3C)CC2)CC1. The molecule has 0 amide bonds. The molecule has 2 aliphatic heterocycles. The average Bonchev–Trinajstić information content (AvgIpc) is 2.88. The minimum absolute atomic E-state index is 0.233. The number of methoxy groups -OCH3 is 1. The molecule has 2 aromatic carbocycles. The average molecular weight is 517 g/mol. The lowest BCUT2D eigenvalue weighted by Crippen LogP contribution is -2.57. The van der Waals surface area contributed by atoms with Gasteiger partial charge in [-0.25, -0.2) is 4.39 Å². The number of carbonyl (C=O) groups excluding carboxylic acids is 1. The van der Waals surface area contributed by atoms with Crippen LogP contribution in [-0.2, 0) is 16.0 Å². The van der Waals surface area contributed by atoms with Crippen LogP contribution in [0.15, 0.2) is 42.5 Å². The van der Waals surface area contributed by atoms with Crippen LogP contribution in [0.1, 0.15) is 43.7 Å². The second-order valence-electron chi connectivity index (χ2n) is 10.5. The summed E-state index contributed by atoms with van der Waals surface area (Å²) in [5.74, 6) is 1.04. The first kappa shape index (κ1) is 26.9. The Hall–Kier alpha value is -2.15. The van der Waals surface area contributed by atoms with Gasteiger partial charge < -0.3 is 14.4 Å². The molecule has 1 atom stereocenters. The summed E-state index contributed by atoms with van der Waals surface area (Å²) >= 11 is 6.07. The lowest BCUT2D eigenvalue weighted by Gasteiger charge is -2.44. The fourth-order valence-corrected chi connectivity index (χ4v) is 5.87. The lowest BCUT2D eigenvalue weighted by molar-refractivity contribution is -0.155. The number of aryl methyl sites for hydroxylation is 1. The van der Waals surface area contributed by atoms with Crippen LogP contribution in [0.4, 0.5) is 4.39 Å². The molecule has 196 valence electrons. The zero-order valence-electron chi connectivity index (χ0n) is 21.6. The Kier molecular flexibility index (Phi) is 8.91. The minimum Gasteiger partial charge on any atom is -0.490 e. The third-order valence-corrected chi connectivity index (χ3v) is 8.12. The molecule has 7 heteroatoms. The summed E-state index contributed by atoms with van der Waals surface area (Å²) < 4.78 is 24.8. The third-order valence-electron chi connectivity index (χ3n) is 7.88. The number of rotatable bonds is 8. The molecule has 0 saturated carbocycles. The summed E-state index contributed by atoms with van der Waals surface area (Å²) in [7, 11) is 1.44. The number of piperidine rings is 2. The van der Waals surface area contributed by atoms with E-state index in [2.05, 4.69) is 9.80 Å². The molecule has 0 spiro atoms. The summed E-state index contributed by atoms with van der Waals surface area (Å²) in [5, 5.41) is 0.739. The van der Waals surface area contributed by atoms with Gasteiger partial charge >= 0.3 is 5.97 Å². The topological polar surface area (TPSA) is 42.0 Å². The monoisotopic (exact) mass is 516 g/mol. The second kappa shape index (κ2) is 11.9. The number of hydrogen-bond acceptors (Lipinski definition) is 5. The Morgan fingerprint density at radius 3 is 2.33 bits per heavy atom. The van der Waals surface area contributed by atoms with Crippen LogP contribution in [0.3, 0.4) is 0 Å². The van der Waals surface area contributed by atoms with Crippen molar-refractivity contribution in [3.05, 3.63) is 64.4 Å². The molecule has 2 aliphatic rings. The van der Waals surface area contributed by atoms with Gasteiger partial charge in [-0.2, -0.15) is 0 Å². The van der Waals surface area contributed by atoms with Gasteiger partial charge in [0, 0.05) is 31.1 Å². The number of halogens is 2. The fourth-order valence-electron chi connectivity index (χ4n) is 5.64. The highest BCUT2D eigenvalue weighted by Crippen LogP contribution is 2.30. The zero-order valence-corrected chi connectivity index (χ0v) is 22.4. The van der Waals surface area contributed by atoms with E-state index in [-0.39, 0.29) is 17.9 Å². The maximum absolute atomic E-state index is 13.4. The standard InChI is InChI=1S/C29H38ClFN2O3/c1-21-18-24(30)6-9-27(21)36-26-12-14-32(15-13-26)20-23-10-16-33(17-11-23)29(2,28(34)35-3)19-22-4-7-25(31)8-5-22/h4-9,18,23,26H,10-17,19-20H2,1-3H3/t29-/m1/s1. The van der Waals surface area contributed by atoms with Gasteiger partial charge in [0.25, 0.3) is 0 Å². The van der Waals surface area contributed by atoms with E-state index in [0.717, 1.165) is 80.3 Å². The van der Waals surface area contributed by atoms with Gasteiger partial charge in [-0.05, 0) is 100.0 Å². The minimum atomic E-state index is -0.757. The first-order valence-electron chi connectivity index (χ1n) is 13.0. The van der Waals surface area contributed by atoms with Crippen molar-refractivity contribution in [2.75, 3.05) is 39.8 Å². The number of benzene rings is 2. The first-order valence-corrected chi connectivity index (χ1v) is 13.4. The molecule has 2 saturated heterocycles. The smallest absolute Gasteiger partial charge is 0.326 e. The van der Waals surface area contributed by atoms with Crippen molar-refractivity contribution in [3.63, 3.8) is 0 Å². The molecule has 0 radical (unpaired) electrons. The molecule has 2 heterocycles. The molecule has 5 nitrogen and oxygen atoms in total. The predicted octanol–water partition coefficient (Wildman–Crippen LogP) is 5.52. The normalized spacial score (nSPS) is 20.1. The molecule has 0 aliphatic carbocycles. The number of hydrogen-bond donors (Lipinski definition) is 0. The second-order valence-corrected chi connectivity index (χ2v) is 11.0. The fraction of sp³-hybridized carbons (Fsp3) is 0.552. The van der Waals surface area contributed by atoms with E-state index in [1.165, 1.54) is 19.2 Å². The highest BCUT2D eigenvalue weighted by molar-refractivity contribution is 6.30. The van der Waals surface area contributed by atoms with E-state index in [1.54, 1.807) is 12.1 Å². The van der Waals surface area contributed by atoms with Crippen molar-refractivity contribution in [3.8, 4) is 5.75 Å². The van der Waals surface area contributed by atoms with Crippen LogP contribution in [0.5, 0.6) is 5.75 Å². The van der Waals surface area contributed by atoms with Gasteiger partial charge in [0.15, 0.2) is 0 Å². The Labute approximate surface area is 219 Å². The van der Waals surface area contributed by atoms with E-state index >= 15 is 0 Å². The first-order chi connectivity index (χ1) is 17.3. The van der Waals surface area contributed by atoms with Gasteiger partial charge in [0.2, 0.25) is 0 Å². The number of carbonyl (C=O) groups is 1. The van der Waals surface area contributed by atoms with Crippen LogP contribution in [0.25, 0.3) is 0 Å². The van der Waals surface area contributed by atoms with Crippen molar-refractivity contribution >= 4 is 17.6 Å². The maximum atomic E-state index is 13.4. The Bertz CT molecular complexity index is 1020. The maximum Gasteiger partial charge on any atom is 0.326 e. The molecule has 2 aromatic rings. The number of nitrogens with zero attached hydrogens (tertiary/aromatic N) is 2. The van der Waals surface area contributed by atoms with Crippen LogP contribution < -0.4 is 4.74 Å². The van der Waals surface area contributed by atoms with E-state index < -0.39 is 5.54 Å². The highest BCUT2D eigenvalue weighted by atomic mass is 35.5. The molecule has 0 unspecified atom stereocenters. The number of likely N-dealkylation sites (tertiary alicyclic amines) is 2. The molecule has 36 heavy (non-hydrogen) atoms. The summed E-state index contributed by atoms with van der Waals surface area (Å²) in [4.78, 5) is 17.7. The van der Waals surface area contributed by atoms with Crippen LogP contribution in [-0.4, -0.2) is 67.2 Å². The molecule has 2 fully saturated rings. The van der Waals surface area contributed by atoms with Crippen molar-refractivity contribution in [1.29, 1.82) is 0 Å². The van der Waals surface area contributed by atoms with E-state index in [0.29, 0.717) is 12.3 Å². The molecule has 4 rings (SSSR count). The largest absolute Gasteiger partial charge is 0.490 e. The van der Waals surface area contributed by atoms with E-state index in [4.69, 9.17) is 21.1 Å². The van der Waals surface area contributed by atoms with Gasteiger partial charge in [-0.1, -0.05) is 23.7 Å². The van der Waals surface area contributed by atoms with E-state index in [9.17, 15) is 9.18 Å². The van der Waals surface area contributed by atoms with Gasteiger partial charge in [0.05, 0.1) is 7.11 Å². The summed E-state index contributed by atoms with van der Waals surface area (Å²) in [6.07, 6.45) is 4.91. The lowest BCUT2D eigenvalue weighted by atomic mass is 9.86. The van der Waals surface area contributed by atoms with Crippen LogP contribution in [0, 0.1) is 18.7 Å². The summed E-state index contributed by atoms with van der Waals surface area (Å²) in [6, 6.07) is 12.2. The van der Waals surface area contributed by atoms with Crippen molar-refractivity contribution in [2.24, 2.45) is 5.92 Å². The number of esters is 1. The summed E-state index contributed by atoms with van der Waals surface area (Å²) in [6.45, 7) is 8.88. The van der Waals surface area contributed by atoms with Crippen LogP contribution >= 0.6 is 11.6 Å². The Balaban J connectivity index is 1.26. The Morgan fingerprint density at radius 2 is 1.72 bits per heavy atom. The Morgan fingerprint density at radius 1 is 1.06 bits per heavy atom. The van der Waals surface area contributed by atoms with Gasteiger partial charge in [-0.15, -0.1) is 0 Å². The quantitative estimate of drug-likeness (QED) is 0.432. The molecular weight excluding hydrogens is 479 g/mol. The number of ether oxygens (including phenoxy) is 2. The third kappa shape index (κ3) is 6.58. The highest BCUT2D eigenvalue weighted by Gasteiger charge is 2.42. The predicted molar refractivity (Wildman–Crippen MR) is 141 cm³/mol. The summed E-state index contributed by atoms with van der Waals surface area (Å²) in [5.41, 5.74) is 1.26.